The second-order valence-electron chi connectivity index (χ2n) is 7.99. The van der Waals surface area contributed by atoms with Gasteiger partial charge in [-0.25, -0.2) is 9.67 Å². The van der Waals surface area contributed by atoms with Crippen molar-refractivity contribution < 1.29 is 9.53 Å². The molecule has 0 unspecified atom stereocenters. The fourth-order valence-corrected chi connectivity index (χ4v) is 4.33. The lowest BCUT2D eigenvalue weighted by Gasteiger charge is -2.36. The Morgan fingerprint density at radius 1 is 1.06 bits per heavy atom. The minimum atomic E-state index is -0.312. The summed E-state index contributed by atoms with van der Waals surface area (Å²) < 4.78 is 8.08. The summed E-state index contributed by atoms with van der Waals surface area (Å²) in [5.41, 5.74) is 1.81. The highest BCUT2D eigenvalue weighted by Crippen LogP contribution is 2.22. The summed E-state index contributed by atoms with van der Waals surface area (Å²) in [6, 6.07) is 15.1. The fourth-order valence-electron chi connectivity index (χ4n) is 4.11. The summed E-state index contributed by atoms with van der Waals surface area (Å²) in [7, 11) is 1.64. The van der Waals surface area contributed by atoms with Gasteiger partial charge in [0.1, 0.15) is 24.0 Å². The number of piperazine rings is 1. The number of fused-ring (bicyclic) bond motifs is 1. The molecule has 0 aliphatic carbocycles. The van der Waals surface area contributed by atoms with Crippen LogP contribution in [0.1, 0.15) is 0 Å². The molecular formula is C24H23ClN6O3. The van der Waals surface area contributed by atoms with E-state index in [2.05, 4.69) is 15.0 Å². The van der Waals surface area contributed by atoms with E-state index < -0.39 is 0 Å². The van der Waals surface area contributed by atoms with E-state index in [1.165, 1.54) is 21.8 Å². The van der Waals surface area contributed by atoms with Gasteiger partial charge in [-0.3, -0.25) is 14.2 Å². The standard InChI is InChI=1S/C24H23ClN6O3/c1-34-18-8-6-17(7-9-18)28-10-12-29(13-11-28)22(32)15-30-16-26-23-19(24(30)33)14-27-31(23)21-5-3-2-4-20(21)25/h2-9,14,16H,10-13,15H2,1H3. The Kier molecular flexibility index (Phi) is 5.93. The average molecular weight is 479 g/mol. The first-order valence-corrected chi connectivity index (χ1v) is 11.3. The molecular weight excluding hydrogens is 456 g/mol. The van der Waals surface area contributed by atoms with Crippen LogP contribution in [0.25, 0.3) is 16.7 Å². The SMILES string of the molecule is COc1ccc(N2CCN(C(=O)Cn3cnc4c(cnn4-c4ccccc4Cl)c3=O)CC2)cc1. The number of rotatable bonds is 5. The maximum atomic E-state index is 13.0. The van der Waals surface area contributed by atoms with Gasteiger partial charge in [0.2, 0.25) is 5.91 Å². The zero-order valence-corrected chi connectivity index (χ0v) is 19.4. The van der Waals surface area contributed by atoms with Gasteiger partial charge in [-0.2, -0.15) is 5.10 Å². The maximum Gasteiger partial charge on any atom is 0.264 e. The Morgan fingerprint density at radius 2 is 1.79 bits per heavy atom. The maximum absolute atomic E-state index is 13.0. The van der Waals surface area contributed by atoms with E-state index in [-0.39, 0.29) is 18.0 Å². The van der Waals surface area contributed by atoms with Crippen molar-refractivity contribution in [3.05, 3.63) is 76.4 Å². The van der Waals surface area contributed by atoms with Crippen LogP contribution in [0.5, 0.6) is 5.75 Å². The molecule has 2 aromatic heterocycles. The number of benzene rings is 2. The predicted octanol–water partition coefficient (Wildman–Crippen LogP) is 2.59. The van der Waals surface area contributed by atoms with Gasteiger partial charge in [0, 0.05) is 31.9 Å². The predicted molar refractivity (Wildman–Crippen MR) is 130 cm³/mol. The zero-order chi connectivity index (χ0) is 23.7. The van der Waals surface area contributed by atoms with Crippen LogP contribution in [0.4, 0.5) is 5.69 Å². The number of para-hydroxylation sites is 1. The molecule has 174 valence electrons. The highest BCUT2D eigenvalue weighted by atomic mass is 35.5. The molecule has 4 aromatic rings. The number of halogens is 1. The molecule has 1 saturated heterocycles. The first-order valence-electron chi connectivity index (χ1n) is 10.9. The highest BCUT2D eigenvalue weighted by molar-refractivity contribution is 6.32. The van der Waals surface area contributed by atoms with Gasteiger partial charge in [0.25, 0.3) is 5.56 Å². The Bertz CT molecular complexity index is 1390. The van der Waals surface area contributed by atoms with Crippen molar-refractivity contribution in [1.82, 2.24) is 24.2 Å². The lowest BCUT2D eigenvalue weighted by molar-refractivity contribution is -0.132. The van der Waals surface area contributed by atoms with Crippen LogP contribution >= 0.6 is 11.6 Å². The van der Waals surface area contributed by atoms with Gasteiger partial charge in [-0.1, -0.05) is 23.7 Å². The van der Waals surface area contributed by atoms with Crippen molar-refractivity contribution in [2.45, 2.75) is 6.54 Å². The van der Waals surface area contributed by atoms with Crippen LogP contribution in [0.2, 0.25) is 5.02 Å². The van der Waals surface area contributed by atoms with Crippen molar-refractivity contribution in [3.63, 3.8) is 0 Å². The lowest BCUT2D eigenvalue weighted by atomic mass is 10.2. The Hall–Kier alpha value is -3.85. The van der Waals surface area contributed by atoms with E-state index >= 15 is 0 Å². The van der Waals surface area contributed by atoms with Crippen LogP contribution in [0.15, 0.2) is 65.8 Å². The largest absolute Gasteiger partial charge is 0.497 e. The summed E-state index contributed by atoms with van der Waals surface area (Å²) >= 11 is 6.27. The molecule has 2 aromatic carbocycles. The first-order chi connectivity index (χ1) is 16.5. The Morgan fingerprint density at radius 3 is 2.50 bits per heavy atom. The minimum Gasteiger partial charge on any atom is -0.497 e. The molecule has 0 bridgehead atoms. The van der Waals surface area contributed by atoms with E-state index in [1.807, 2.05) is 36.4 Å². The van der Waals surface area contributed by atoms with Crippen molar-refractivity contribution in [2.24, 2.45) is 0 Å². The second-order valence-corrected chi connectivity index (χ2v) is 8.40. The Labute approximate surface area is 200 Å². The quantitative estimate of drug-likeness (QED) is 0.438. The minimum absolute atomic E-state index is 0.0679. The number of ether oxygens (including phenoxy) is 1. The molecule has 1 fully saturated rings. The van der Waals surface area contributed by atoms with Crippen molar-refractivity contribution in [3.8, 4) is 11.4 Å². The van der Waals surface area contributed by atoms with Gasteiger partial charge in [-0.15, -0.1) is 0 Å². The molecule has 34 heavy (non-hydrogen) atoms. The van der Waals surface area contributed by atoms with Crippen molar-refractivity contribution >= 4 is 34.2 Å². The molecule has 1 amide bonds. The Balaban J connectivity index is 1.28. The lowest BCUT2D eigenvalue weighted by Crippen LogP contribution is -2.50. The van der Waals surface area contributed by atoms with Crippen LogP contribution in [0, 0.1) is 0 Å². The van der Waals surface area contributed by atoms with Gasteiger partial charge in [0.05, 0.1) is 24.0 Å². The topological polar surface area (TPSA) is 85.5 Å². The molecule has 3 heterocycles. The molecule has 9 nitrogen and oxygen atoms in total. The molecule has 0 saturated carbocycles. The normalized spacial score (nSPS) is 13.9. The van der Waals surface area contributed by atoms with Gasteiger partial charge < -0.3 is 14.5 Å². The van der Waals surface area contributed by atoms with Crippen LogP contribution in [-0.2, 0) is 11.3 Å². The second kappa shape index (κ2) is 9.18. The number of aromatic nitrogens is 4. The molecule has 0 atom stereocenters. The number of carbonyl (C=O) groups is 1. The summed E-state index contributed by atoms with van der Waals surface area (Å²) in [6.07, 6.45) is 2.85. The van der Waals surface area contributed by atoms with Gasteiger partial charge >= 0.3 is 0 Å². The number of carbonyl (C=O) groups excluding carboxylic acids is 1. The molecule has 1 aliphatic heterocycles. The van der Waals surface area contributed by atoms with E-state index in [0.717, 1.165) is 24.5 Å². The van der Waals surface area contributed by atoms with Gasteiger partial charge in [0.15, 0.2) is 5.65 Å². The number of nitrogens with zero attached hydrogens (tertiary/aromatic N) is 6. The van der Waals surface area contributed by atoms with Gasteiger partial charge in [-0.05, 0) is 36.4 Å². The third kappa shape index (κ3) is 4.10. The monoisotopic (exact) mass is 478 g/mol. The van der Waals surface area contributed by atoms with E-state index in [1.54, 1.807) is 24.1 Å². The van der Waals surface area contributed by atoms with E-state index in [9.17, 15) is 9.59 Å². The molecule has 5 rings (SSSR count). The summed E-state index contributed by atoms with van der Waals surface area (Å²) in [5.74, 6) is 0.696. The van der Waals surface area contributed by atoms with Crippen molar-refractivity contribution in [2.75, 3.05) is 38.2 Å². The number of amides is 1. The number of hydrogen-bond acceptors (Lipinski definition) is 6. The molecule has 0 N–H and O–H groups in total. The molecule has 0 spiro atoms. The van der Waals surface area contributed by atoms with Crippen LogP contribution < -0.4 is 15.2 Å². The highest BCUT2D eigenvalue weighted by Gasteiger charge is 2.22. The third-order valence-corrected chi connectivity index (χ3v) is 6.33. The van der Waals surface area contributed by atoms with E-state index in [4.69, 9.17) is 16.3 Å². The smallest absolute Gasteiger partial charge is 0.264 e. The zero-order valence-electron chi connectivity index (χ0n) is 18.6. The molecule has 10 heteroatoms. The number of methoxy groups -OCH3 is 1. The molecule has 0 radical (unpaired) electrons. The first kappa shape index (κ1) is 22.0. The van der Waals surface area contributed by atoms with Crippen LogP contribution in [-0.4, -0.2) is 63.4 Å². The number of hydrogen-bond donors (Lipinski definition) is 0. The number of anilines is 1. The summed E-state index contributed by atoms with van der Waals surface area (Å²) in [5, 5.41) is 5.13. The molecule has 1 aliphatic rings. The third-order valence-electron chi connectivity index (χ3n) is 6.01. The van der Waals surface area contributed by atoms with Crippen molar-refractivity contribution in [1.29, 1.82) is 0 Å². The fraction of sp³-hybridized carbons (Fsp3) is 0.250. The summed E-state index contributed by atoms with van der Waals surface area (Å²) in [4.78, 5) is 34.3. The van der Waals surface area contributed by atoms with E-state index in [0.29, 0.717) is 34.8 Å². The van der Waals surface area contributed by atoms with Crippen LogP contribution in [0.3, 0.4) is 0 Å². The summed E-state index contributed by atoms with van der Waals surface area (Å²) in [6.45, 7) is 2.53. The average Bonchev–Trinajstić information content (AvgIpc) is 3.31.